The molecule has 1 fully saturated rings. The molecule has 25 heavy (non-hydrogen) atoms. The van der Waals surface area contributed by atoms with Gasteiger partial charge >= 0.3 is 0 Å². The highest BCUT2D eigenvalue weighted by Gasteiger charge is 2.22. The molecule has 6 heteroatoms. The van der Waals surface area contributed by atoms with Crippen molar-refractivity contribution in [3.05, 3.63) is 47.3 Å². The molecule has 0 amide bonds. The second-order valence-electron chi connectivity index (χ2n) is 6.17. The van der Waals surface area contributed by atoms with Gasteiger partial charge < -0.3 is 9.64 Å². The fourth-order valence-electron chi connectivity index (χ4n) is 2.94. The predicted molar refractivity (Wildman–Crippen MR) is 93.1 cm³/mol. The van der Waals surface area contributed by atoms with Crippen molar-refractivity contribution >= 4 is 5.82 Å². The molecule has 1 saturated heterocycles. The first-order valence-corrected chi connectivity index (χ1v) is 8.31. The van der Waals surface area contributed by atoms with Crippen LogP contribution in [0.3, 0.4) is 0 Å². The summed E-state index contributed by atoms with van der Waals surface area (Å²) in [5, 5.41) is 18.2. The van der Waals surface area contributed by atoms with E-state index in [0.29, 0.717) is 29.5 Å². The second-order valence-corrected chi connectivity index (χ2v) is 6.17. The number of ether oxygens (including phenoxy) is 1. The molecular weight excluding hydrogens is 314 g/mol. The quantitative estimate of drug-likeness (QED) is 0.855. The number of nitrogens with zero attached hydrogens (tertiary/aromatic N) is 5. The second kappa shape index (κ2) is 7.63. The third-order valence-electron chi connectivity index (χ3n) is 4.38. The average Bonchev–Trinajstić information content (AvgIpc) is 2.67. The predicted octanol–water partition coefficient (Wildman–Crippen LogP) is 2.82. The minimum Gasteiger partial charge on any atom is -0.477 e. The Morgan fingerprint density at radius 1 is 1.20 bits per heavy atom. The lowest BCUT2D eigenvalue weighted by molar-refractivity contribution is 0.216. The monoisotopic (exact) mass is 333 g/mol. The van der Waals surface area contributed by atoms with E-state index in [9.17, 15) is 5.26 Å². The molecule has 1 aliphatic rings. The number of pyridine rings is 2. The van der Waals surface area contributed by atoms with Gasteiger partial charge in [0.15, 0.2) is 0 Å². The normalized spacial score (nSPS) is 14.6. The molecule has 0 radical (unpaired) electrons. The molecule has 0 spiro atoms. The van der Waals surface area contributed by atoms with Crippen molar-refractivity contribution in [1.29, 1.82) is 10.5 Å². The van der Waals surface area contributed by atoms with E-state index < -0.39 is 0 Å². The number of aryl methyl sites for hydroxylation is 1. The van der Waals surface area contributed by atoms with E-state index in [0.717, 1.165) is 37.4 Å². The molecular formula is C19H19N5O. The summed E-state index contributed by atoms with van der Waals surface area (Å²) in [4.78, 5) is 10.9. The number of hydrogen-bond acceptors (Lipinski definition) is 6. The van der Waals surface area contributed by atoms with Crippen molar-refractivity contribution in [1.82, 2.24) is 9.97 Å². The zero-order valence-corrected chi connectivity index (χ0v) is 14.1. The van der Waals surface area contributed by atoms with Gasteiger partial charge in [-0.25, -0.2) is 9.97 Å². The Labute approximate surface area is 147 Å². The van der Waals surface area contributed by atoms with E-state index in [4.69, 9.17) is 10.00 Å². The maximum Gasteiger partial charge on any atom is 0.214 e. The van der Waals surface area contributed by atoms with E-state index in [1.165, 1.54) is 0 Å². The van der Waals surface area contributed by atoms with Crippen LogP contribution in [-0.4, -0.2) is 29.7 Å². The molecule has 2 aromatic heterocycles. The van der Waals surface area contributed by atoms with Gasteiger partial charge in [0, 0.05) is 31.0 Å². The van der Waals surface area contributed by atoms with Crippen molar-refractivity contribution in [2.75, 3.05) is 24.6 Å². The van der Waals surface area contributed by atoms with Crippen molar-refractivity contribution in [2.24, 2.45) is 5.92 Å². The van der Waals surface area contributed by atoms with E-state index in [1.807, 2.05) is 19.1 Å². The first kappa shape index (κ1) is 16.7. The Kier molecular flexibility index (Phi) is 5.11. The average molecular weight is 333 g/mol. The molecule has 1 aliphatic heterocycles. The number of piperidine rings is 1. The van der Waals surface area contributed by atoms with Gasteiger partial charge in [-0.3, -0.25) is 0 Å². The van der Waals surface area contributed by atoms with Gasteiger partial charge in [-0.05, 0) is 43.9 Å². The third-order valence-corrected chi connectivity index (χ3v) is 4.38. The minimum atomic E-state index is 0.430. The Hall–Kier alpha value is -3.12. The highest BCUT2D eigenvalue weighted by molar-refractivity contribution is 5.54. The van der Waals surface area contributed by atoms with Crippen LogP contribution in [0.5, 0.6) is 5.88 Å². The van der Waals surface area contributed by atoms with Gasteiger partial charge in [-0.1, -0.05) is 0 Å². The number of rotatable bonds is 4. The van der Waals surface area contributed by atoms with Crippen molar-refractivity contribution in [3.63, 3.8) is 0 Å². The lowest BCUT2D eigenvalue weighted by Crippen LogP contribution is -2.36. The fraction of sp³-hybridized carbons (Fsp3) is 0.368. The first-order chi connectivity index (χ1) is 12.2. The molecule has 0 aromatic carbocycles. The first-order valence-electron chi connectivity index (χ1n) is 8.31. The Morgan fingerprint density at radius 3 is 2.72 bits per heavy atom. The minimum absolute atomic E-state index is 0.430. The van der Waals surface area contributed by atoms with Crippen molar-refractivity contribution in [2.45, 2.75) is 19.8 Å². The Balaban J connectivity index is 1.56. The molecule has 0 atom stereocenters. The fourth-order valence-corrected chi connectivity index (χ4v) is 2.94. The smallest absolute Gasteiger partial charge is 0.214 e. The van der Waals surface area contributed by atoms with Gasteiger partial charge in [0.25, 0.3) is 0 Å². The SMILES string of the molecule is Cc1ccc(C#N)c(N2CCC(COc3cc(C#N)ccn3)CC2)n1. The van der Waals surface area contributed by atoms with Gasteiger partial charge in [-0.2, -0.15) is 10.5 Å². The molecule has 0 N–H and O–H groups in total. The summed E-state index contributed by atoms with van der Waals surface area (Å²) >= 11 is 0. The molecule has 3 rings (SSSR count). The summed E-state index contributed by atoms with van der Waals surface area (Å²) in [6.45, 7) is 4.23. The van der Waals surface area contributed by atoms with E-state index in [-0.39, 0.29) is 0 Å². The van der Waals surface area contributed by atoms with Crippen LogP contribution in [0.4, 0.5) is 5.82 Å². The topological polar surface area (TPSA) is 85.8 Å². The van der Waals surface area contributed by atoms with Gasteiger partial charge in [0.1, 0.15) is 11.9 Å². The number of anilines is 1. The summed E-state index contributed by atoms with van der Waals surface area (Å²) < 4.78 is 5.74. The van der Waals surface area contributed by atoms with Crippen LogP contribution in [0.1, 0.15) is 29.7 Å². The van der Waals surface area contributed by atoms with Crippen molar-refractivity contribution in [3.8, 4) is 18.0 Å². The number of hydrogen-bond donors (Lipinski definition) is 0. The zero-order chi connectivity index (χ0) is 17.6. The summed E-state index contributed by atoms with van der Waals surface area (Å²) in [5.41, 5.74) is 2.09. The summed E-state index contributed by atoms with van der Waals surface area (Å²) in [5.74, 6) is 1.71. The molecule has 0 unspecified atom stereocenters. The van der Waals surface area contributed by atoms with Crippen LogP contribution in [-0.2, 0) is 0 Å². The van der Waals surface area contributed by atoms with Gasteiger partial charge in [0.05, 0.1) is 23.8 Å². The van der Waals surface area contributed by atoms with Gasteiger partial charge in [0.2, 0.25) is 5.88 Å². The van der Waals surface area contributed by atoms with Crippen LogP contribution in [0.15, 0.2) is 30.5 Å². The van der Waals surface area contributed by atoms with Crippen LogP contribution < -0.4 is 9.64 Å². The number of aromatic nitrogens is 2. The van der Waals surface area contributed by atoms with Crippen LogP contribution in [0.25, 0.3) is 0 Å². The van der Waals surface area contributed by atoms with Crippen LogP contribution in [0.2, 0.25) is 0 Å². The van der Waals surface area contributed by atoms with E-state index >= 15 is 0 Å². The molecule has 0 bridgehead atoms. The Bertz CT molecular complexity index is 828. The Morgan fingerprint density at radius 2 is 2.00 bits per heavy atom. The van der Waals surface area contributed by atoms with E-state index in [2.05, 4.69) is 27.0 Å². The highest BCUT2D eigenvalue weighted by Crippen LogP contribution is 2.25. The molecule has 0 saturated carbocycles. The highest BCUT2D eigenvalue weighted by atomic mass is 16.5. The zero-order valence-electron chi connectivity index (χ0n) is 14.1. The summed E-state index contributed by atoms with van der Waals surface area (Å²) in [7, 11) is 0. The summed E-state index contributed by atoms with van der Waals surface area (Å²) in [6.07, 6.45) is 3.53. The summed E-state index contributed by atoms with van der Waals surface area (Å²) in [6, 6.07) is 11.3. The van der Waals surface area contributed by atoms with Crippen LogP contribution in [0, 0.1) is 35.5 Å². The molecule has 6 nitrogen and oxygen atoms in total. The maximum atomic E-state index is 9.28. The van der Waals surface area contributed by atoms with Crippen molar-refractivity contribution < 1.29 is 4.74 Å². The van der Waals surface area contributed by atoms with Crippen LogP contribution >= 0.6 is 0 Å². The standard InChI is InChI=1S/C19H19N5O/c1-14-2-3-17(12-21)19(23-14)24-8-5-15(6-9-24)13-25-18-10-16(11-20)4-7-22-18/h2-4,7,10,15H,5-6,8-9,13H2,1H3. The largest absolute Gasteiger partial charge is 0.477 e. The lowest BCUT2D eigenvalue weighted by Gasteiger charge is -2.33. The third kappa shape index (κ3) is 4.05. The maximum absolute atomic E-state index is 9.28. The van der Waals surface area contributed by atoms with Gasteiger partial charge in [-0.15, -0.1) is 0 Å². The van der Waals surface area contributed by atoms with E-state index in [1.54, 1.807) is 18.3 Å². The molecule has 3 heterocycles. The number of nitriles is 2. The lowest BCUT2D eigenvalue weighted by atomic mass is 9.97. The molecule has 0 aliphatic carbocycles. The molecule has 2 aromatic rings. The molecule has 126 valence electrons.